The van der Waals surface area contributed by atoms with Crippen molar-refractivity contribution in [2.75, 3.05) is 24.5 Å². The first-order valence-electron chi connectivity index (χ1n) is 12.7. The molecule has 35 heavy (non-hydrogen) atoms. The van der Waals surface area contributed by atoms with Gasteiger partial charge < -0.3 is 14.5 Å². The molecule has 0 bridgehead atoms. The van der Waals surface area contributed by atoms with Crippen LogP contribution in [-0.4, -0.2) is 47.7 Å². The molecule has 1 unspecified atom stereocenters. The van der Waals surface area contributed by atoms with E-state index in [9.17, 15) is 14.4 Å². The molecule has 3 heterocycles. The Kier molecular flexibility index (Phi) is 5.94. The molecule has 0 aromatic heterocycles. The van der Waals surface area contributed by atoms with E-state index in [0.29, 0.717) is 50.2 Å². The van der Waals surface area contributed by atoms with Crippen LogP contribution in [0.4, 0.5) is 5.69 Å². The van der Waals surface area contributed by atoms with E-state index >= 15 is 0 Å². The summed E-state index contributed by atoms with van der Waals surface area (Å²) in [4.78, 5) is 43.0. The first kappa shape index (κ1) is 23.6. The summed E-state index contributed by atoms with van der Waals surface area (Å²) in [6, 6.07) is 9.94. The summed E-state index contributed by atoms with van der Waals surface area (Å²) in [7, 11) is 0. The predicted octanol–water partition coefficient (Wildman–Crippen LogP) is 4.55. The van der Waals surface area contributed by atoms with Crippen LogP contribution in [0, 0.1) is 26.7 Å². The lowest BCUT2D eigenvalue weighted by Crippen LogP contribution is -2.53. The lowest BCUT2D eigenvalue weighted by Gasteiger charge is -2.44. The Hall–Kier alpha value is -3.15. The number of fused-ring (bicyclic) bond motifs is 1. The van der Waals surface area contributed by atoms with Crippen molar-refractivity contribution in [3.05, 3.63) is 58.1 Å². The van der Waals surface area contributed by atoms with Crippen molar-refractivity contribution in [2.24, 2.45) is 5.92 Å². The molecule has 2 saturated heterocycles. The number of aryl methyl sites for hydroxylation is 3. The van der Waals surface area contributed by atoms with Crippen molar-refractivity contribution in [2.45, 2.75) is 65.4 Å². The highest BCUT2D eigenvalue weighted by atomic mass is 16.5. The molecule has 0 saturated carbocycles. The zero-order valence-corrected chi connectivity index (χ0v) is 21.1. The van der Waals surface area contributed by atoms with Gasteiger partial charge in [0, 0.05) is 44.6 Å². The van der Waals surface area contributed by atoms with Gasteiger partial charge in [0.2, 0.25) is 11.8 Å². The van der Waals surface area contributed by atoms with Gasteiger partial charge in [-0.25, -0.2) is 0 Å². The molecule has 2 fully saturated rings. The molecule has 2 aromatic carbocycles. The Bertz CT molecular complexity index is 1210. The molecular weight excluding hydrogens is 440 g/mol. The van der Waals surface area contributed by atoms with E-state index < -0.39 is 5.60 Å². The number of anilines is 1. The Labute approximate surface area is 207 Å². The Morgan fingerprint density at radius 3 is 2.51 bits per heavy atom. The fourth-order valence-electron chi connectivity index (χ4n) is 5.93. The minimum absolute atomic E-state index is 0.0180. The highest BCUT2D eigenvalue weighted by molar-refractivity contribution is 6.02. The summed E-state index contributed by atoms with van der Waals surface area (Å²) in [6.07, 6.45) is 2.69. The third-order valence-corrected chi connectivity index (χ3v) is 8.21. The zero-order valence-electron chi connectivity index (χ0n) is 21.1. The SMILES string of the molecule is CCc1cccc(C)c1N1CC(C(=O)N2CCC3(CC2)CC(=O)c2ccc(C)c(C)c2O3)CC1=O. The van der Waals surface area contributed by atoms with Crippen molar-refractivity contribution < 1.29 is 19.1 Å². The monoisotopic (exact) mass is 474 g/mol. The van der Waals surface area contributed by atoms with Crippen LogP contribution in [0.5, 0.6) is 5.75 Å². The van der Waals surface area contributed by atoms with Gasteiger partial charge in [-0.1, -0.05) is 31.2 Å². The van der Waals surface area contributed by atoms with Crippen LogP contribution >= 0.6 is 0 Å². The molecular formula is C29H34N2O4. The van der Waals surface area contributed by atoms with Gasteiger partial charge in [0.05, 0.1) is 17.9 Å². The average molecular weight is 475 g/mol. The fourth-order valence-corrected chi connectivity index (χ4v) is 5.93. The highest BCUT2D eigenvalue weighted by Crippen LogP contribution is 2.42. The number of carbonyl (C=O) groups excluding carboxylic acids is 3. The van der Waals surface area contributed by atoms with Crippen molar-refractivity contribution in [1.82, 2.24) is 4.90 Å². The van der Waals surface area contributed by atoms with Gasteiger partial charge in [0.1, 0.15) is 11.4 Å². The minimum Gasteiger partial charge on any atom is -0.486 e. The number of Topliss-reactive ketones (excluding diaryl/α,β-unsaturated/α-hetero) is 1. The number of ether oxygens (including phenoxy) is 1. The first-order valence-corrected chi connectivity index (χ1v) is 12.7. The number of benzene rings is 2. The van der Waals surface area contributed by atoms with Gasteiger partial charge in [0.25, 0.3) is 0 Å². The number of likely N-dealkylation sites (tertiary alicyclic amines) is 1. The van der Waals surface area contributed by atoms with Crippen LogP contribution in [0.1, 0.15) is 65.2 Å². The van der Waals surface area contributed by atoms with Crippen molar-refractivity contribution >= 4 is 23.3 Å². The smallest absolute Gasteiger partial charge is 0.228 e. The summed E-state index contributed by atoms with van der Waals surface area (Å²) in [5.74, 6) is 0.556. The predicted molar refractivity (Wildman–Crippen MR) is 135 cm³/mol. The average Bonchev–Trinajstić information content (AvgIpc) is 3.22. The summed E-state index contributed by atoms with van der Waals surface area (Å²) >= 11 is 0. The number of hydrogen-bond donors (Lipinski definition) is 0. The van der Waals surface area contributed by atoms with E-state index in [1.54, 1.807) is 0 Å². The van der Waals surface area contributed by atoms with E-state index in [4.69, 9.17) is 4.74 Å². The van der Waals surface area contributed by atoms with Crippen LogP contribution in [0.15, 0.2) is 30.3 Å². The van der Waals surface area contributed by atoms with Gasteiger partial charge in [0.15, 0.2) is 5.78 Å². The molecule has 6 heteroatoms. The third-order valence-electron chi connectivity index (χ3n) is 8.21. The summed E-state index contributed by atoms with van der Waals surface area (Å²) in [5.41, 5.74) is 5.41. The first-order chi connectivity index (χ1) is 16.7. The molecule has 0 N–H and O–H groups in total. The van der Waals surface area contributed by atoms with Crippen LogP contribution < -0.4 is 9.64 Å². The summed E-state index contributed by atoms with van der Waals surface area (Å²) in [6.45, 7) is 9.65. The van der Waals surface area contributed by atoms with Gasteiger partial charge >= 0.3 is 0 Å². The molecule has 6 nitrogen and oxygen atoms in total. The lowest BCUT2D eigenvalue weighted by atomic mass is 9.81. The van der Waals surface area contributed by atoms with E-state index in [2.05, 4.69) is 13.0 Å². The number of amides is 2. The number of hydrogen-bond acceptors (Lipinski definition) is 4. The van der Waals surface area contributed by atoms with Crippen LogP contribution in [0.2, 0.25) is 0 Å². The lowest BCUT2D eigenvalue weighted by molar-refractivity contribution is -0.139. The topological polar surface area (TPSA) is 66.9 Å². The second-order valence-corrected chi connectivity index (χ2v) is 10.4. The van der Waals surface area contributed by atoms with Crippen molar-refractivity contribution in [3.8, 4) is 5.75 Å². The third kappa shape index (κ3) is 4.03. The molecule has 1 atom stereocenters. The van der Waals surface area contributed by atoms with E-state index in [-0.39, 0.29) is 29.9 Å². The van der Waals surface area contributed by atoms with Crippen molar-refractivity contribution in [1.29, 1.82) is 0 Å². The summed E-state index contributed by atoms with van der Waals surface area (Å²) in [5, 5.41) is 0. The molecule has 2 aromatic rings. The van der Waals surface area contributed by atoms with E-state index in [1.165, 1.54) is 0 Å². The largest absolute Gasteiger partial charge is 0.486 e. The fraction of sp³-hybridized carbons (Fsp3) is 0.483. The number of para-hydroxylation sites is 1. The molecule has 3 aliphatic heterocycles. The van der Waals surface area contributed by atoms with Gasteiger partial charge in [-0.2, -0.15) is 0 Å². The number of nitrogens with zero attached hydrogens (tertiary/aromatic N) is 2. The van der Waals surface area contributed by atoms with Gasteiger partial charge in [-0.15, -0.1) is 0 Å². The van der Waals surface area contributed by atoms with Crippen LogP contribution in [0.25, 0.3) is 0 Å². The minimum atomic E-state index is -0.547. The van der Waals surface area contributed by atoms with Crippen LogP contribution in [-0.2, 0) is 16.0 Å². The molecule has 0 radical (unpaired) electrons. The second kappa shape index (κ2) is 8.81. The molecule has 0 aliphatic carbocycles. The Morgan fingerprint density at radius 2 is 1.80 bits per heavy atom. The summed E-state index contributed by atoms with van der Waals surface area (Å²) < 4.78 is 6.51. The quantitative estimate of drug-likeness (QED) is 0.654. The maximum atomic E-state index is 13.4. The second-order valence-electron chi connectivity index (χ2n) is 10.4. The molecule has 1 spiro atoms. The standard InChI is InChI=1S/C29H34N2O4/c1-5-21-8-6-7-19(3)26(21)31-17-22(15-25(31)33)28(34)30-13-11-29(12-14-30)16-24(32)23-10-9-18(2)20(4)27(23)35-29/h6-10,22H,5,11-17H2,1-4H3. The van der Waals surface area contributed by atoms with Gasteiger partial charge in [-0.05, 0) is 55.5 Å². The Morgan fingerprint density at radius 1 is 1.06 bits per heavy atom. The van der Waals surface area contributed by atoms with Gasteiger partial charge in [-0.3, -0.25) is 14.4 Å². The molecule has 5 rings (SSSR count). The number of piperidine rings is 1. The van der Waals surface area contributed by atoms with Crippen LogP contribution in [0.3, 0.4) is 0 Å². The maximum absolute atomic E-state index is 13.4. The van der Waals surface area contributed by atoms with E-state index in [0.717, 1.165) is 34.4 Å². The zero-order chi connectivity index (χ0) is 24.9. The number of ketones is 1. The number of carbonyl (C=O) groups is 3. The highest BCUT2D eigenvalue weighted by Gasteiger charge is 2.46. The van der Waals surface area contributed by atoms with E-state index in [1.807, 2.05) is 54.8 Å². The number of rotatable bonds is 3. The Balaban J connectivity index is 1.28. The molecule has 2 amide bonds. The maximum Gasteiger partial charge on any atom is 0.228 e. The normalized spacial score (nSPS) is 21.3. The molecule has 3 aliphatic rings. The molecule has 184 valence electrons. The van der Waals surface area contributed by atoms with Crippen molar-refractivity contribution in [3.63, 3.8) is 0 Å².